The highest BCUT2D eigenvalue weighted by Crippen LogP contribution is 2.38. The summed E-state index contributed by atoms with van der Waals surface area (Å²) in [5, 5.41) is 0. The normalized spacial score (nSPS) is 12.4. The number of hydrogen-bond acceptors (Lipinski definition) is 5. The molecule has 13 heteroatoms. The van der Waals surface area contributed by atoms with Crippen molar-refractivity contribution in [3.05, 3.63) is 17.6 Å². The maximum Gasteiger partial charge on any atom is 0.319 e. The molecule has 1 aromatic heterocycles. The van der Waals surface area contributed by atoms with Crippen LogP contribution >= 0.6 is 13.4 Å². The molecule has 0 spiro atoms. The van der Waals surface area contributed by atoms with Crippen LogP contribution < -0.4 is 4.74 Å². The Morgan fingerprint density at radius 2 is 1.32 bits per heavy atom. The standard InChI is InChI=1S/C10H14N2O.C3H8.C2H6.2H3O3PS/c1-3-13-9-6-7(2)11-10(12-9)8-4-5-8;1-3-2;1-2;2*1-4(2,3)5/h6,8H,3-5H2,1-2H3;3H2,1-2H3;1-2H3;2*(H3,1,2,3,5). The van der Waals surface area contributed by atoms with Gasteiger partial charge in [0, 0.05) is 17.7 Å². The van der Waals surface area contributed by atoms with Crippen LogP contribution in [0.2, 0.25) is 0 Å². The van der Waals surface area contributed by atoms with E-state index < -0.39 is 13.4 Å². The highest BCUT2D eigenvalue weighted by Gasteiger charge is 2.27. The molecule has 28 heavy (non-hydrogen) atoms. The van der Waals surface area contributed by atoms with Crippen LogP contribution in [0.15, 0.2) is 6.07 Å². The van der Waals surface area contributed by atoms with Gasteiger partial charge in [0.25, 0.3) is 0 Å². The van der Waals surface area contributed by atoms with Crippen molar-refractivity contribution in [2.45, 2.75) is 66.7 Å². The summed E-state index contributed by atoms with van der Waals surface area (Å²) in [5.41, 5.74) is 1.00. The average molecular weight is 481 g/mol. The lowest BCUT2D eigenvalue weighted by atomic mass is 10.3. The summed E-state index contributed by atoms with van der Waals surface area (Å²) in [4.78, 5) is 54.1. The van der Waals surface area contributed by atoms with Crippen molar-refractivity contribution in [2.75, 3.05) is 6.61 Å². The monoisotopic (exact) mass is 480 g/mol. The molecule has 1 heterocycles. The lowest BCUT2D eigenvalue weighted by molar-refractivity contribution is 0.324. The van der Waals surface area contributed by atoms with Crippen LogP contribution in [0, 0.1) is 6.92 Å². The van der Waals surface area contributed by atoms with Gasteiger partial charge in [0.2, 0.25) is 5.88 Å². The van der Waals surface area contributed by atoms with Crippen molar-refractivity contribution in [3.8, 4) is 5.88 Å². The van der Waals surface area contributed by atoms with E-state index in [1.165, 1.54) is 19.3 Å². The minimum Gasteiger partial charge on any atom is -0.478 e. The van der Waals surface area contributed by atoms with Gasteiger partial charge in [-0.3, -0.25) is 0 Å². The van der Waals surface area contributed by atoms with E-state index in [4.69, 9.17) is 34.1 Å². The minimum atomic E-state index is -3.81. The van der Waals surface area contributed by atoms with Gasteiger partial charge < -0.3 is 34.1 Å². The Morgan fingerprint density at radius 1 is 0.964 bits per heavy atom. The molecule has 1 aliphatic rings. The van der Waals surface area contributed by atoms with Crippen LogP contribution in [-0.4, -0.2) is 45.9 Å². The molecule has 1 aliphatic carbocycles. The summed E-state index contributed by atoms with van der Waals surface area (Å²) >= 11 is 7.21. The number of nitrogens with zero attached hydrogens (tertiary/aromatic N) is 2. The minimum absolute atomic E-state index is 0.596. The molecule has 168 valence electrons. The SMILES string of the molecule is CC.CCC.CCOc1cc(C)nc(C2CC2)n1.OP(O)(O)=S.OP(O)(O)=S. The second-order valence-corrected chi connectivity index (χ2v) is 10.1. The van der Waals surface area contributed by atoms with Gasteiger partial charge in [0.05, 0.1) is 6.61 Å². The average Bonchev–Trinajstić information content (AvgIpc) is 3.31. The number of aryl methyl sites for hydroxylation is 1. The van der Waals surface area contributed by atoms with Crippen LogP contribution in [0.5, 0.6) is 5.88 Å². The molecule has 1 aromatic rings. The fourth-order valence-corrected chi connectivity index (χ4v) is 1.31. The zero-order valence-corrected chi connectivity index (χ0v) is 20.6. The Hall–Kier alpha value is -0.0600. The Morgan fingerprint density at radius 3 is 1.61 bits per heavy atom. The first-order valence-electron chi connectivity index (χ1n) is 8.76. The first-order valence-corrected chi connectivity index (χ1v) is 14.1. The van der Waals surface area contributed by atoms with Gasteiger partial charge in [-0.25, -0.2) is 4.98 Å². The van der Waals surface area contributed by atoms with Crippen LogP contribution in [-0.2, 0) is 23.6 Å². The topological polar surface area (TPSA) is 156 Å². The Labute approximate surface area is 178 Å². The van der Waals surface area contributed by atoms with E-state index in [0.29, 0.717) is 12.5 Å². The molecular formula is C15H34N2O7P2S2. The van der Waals surface area contributed by atoms with E-state index in [9.17, 15) is 0 Å². The molecule has 9 nitrogen and oxygen atoms in total. The summed E-state index contributed by atoms with van der Waals surface area (Å²) in [6.45, 7) is 5.25. The van der Waals surface area contributed by atoms with Crippen molar-refractivity contribution in [2.24, 2.45) is 0 Å². The van der Waals surface area contributed by atoms with Crippen molar-refractivity contribution < 1.29 is 34.1 Å². The molecule has 0 bridgehead atoms. The third-order valence-electron chi connectivity index (χ3n) is 2.08. The van der Waals surface area contributed by atoms with E-state index in [1.54, 1.807) is 0 Å². The van der Waals surface area contributed by atoms with Gasteiger partial charge >= 0.3 is 13.4 Å². The van der Waals surface area contributed by atoms with Crippen LogP contribution in [0.4, 0.5) is 0 Å². The lowest BCUT2D eigenvalue weighted by Gasteiger charge is -2.04. The maximum absolute atomic E-state index is 7.56. The first-order chi connectivity index (χ1) is 12.7. The molecule has 6 N–H and O–H groups in total. The third kappa shape index (κ3) is 33.5. The molecule has 0 unspecified atom stereocenters. The van der Waals surface area contributed by atoms with Crippen LogP contribution in [0.25, 0.3) is 0 Å². The molecule has 0 amide bonds. The van der Waals surface area contributed by atoms with Gasteiger partial charge in [0.1, 0.15) is 5.82 Å². The molecule has 1 saturated carbocycles. The summed E-state index contributed by atoms with van der Waals surface area (Å²) in [6.07, 6.45) is 3.71. The molecule has 0 aliphatic heterocycles. The van der Waals surface area contributed by atoms with E-state index >= 15 is 0 Å². The first kappa shape index (κ1) is 32.6. The Kier molecular flexibility index (Phi) is 20.7. The second kappa shape index (κ2) is 17.8. The maximum atomic E-state index is 7.56. The zero-order valence-electron chi connectivity index (χ0n) is 17.2. The predicted molar refractivity (Wildman–Crippen MR) is 119 cm³/mol. The van der Waals surface area contributed by atoms with Crippen molar-refractivity contribution >= 4 is 37.1 Å². The number of aromatic nitrogens is 2. The summed E-state index contributed by atoms with van der Waals surface area (Å²) < 4.78 is 5.35. The molecule has 0 atom stereocenters. The molecule has 2 rings (SSSR count). The largest absolute Gasteiger partial charge is 0.478 e. The van der Waals surface area contributed by atoms with E-state index in [1.807, 2.05) is 33.8 Å². The lowest BCUT2D eigenvalue weighted by Crippen LogP contribution is -2.00. The number of rotatable bonds is 3. The number of ether oxygens (including phenoxy) is 1. The fraction of sp³-hybridized carbons (Fsp3) is 0.733. The van der Waals surface area contributed by atoms with Gasteiger partial charge in [-0.1, -0.05) is 34.1 Å². The Bertz CT molecular complexity index is 572. The van der Waals surface area contributed by atoms with E-state index in [2.05, 4.69) is 47.4 Å². The van der Waals surface area contributed by atoms with Crippen LogP contribution in [0.1, 0.15) is 71.3 Å². The third-order valence-corrected chi connectivity index (χ3v) is 2.08. The molecule has 0 radical (unpaired) electrons. The highest BCUT2D eigenvalue weighted by molar-refractivity contribution is 8.06. The van der Waals surface area contributed by atoms with E-state index in [-0.39, 0.29) is 0 Å². The smallest absolute Gasteiger partial charge is 0.319 e. The molecule has 0 saturated heterocycles. The zero-order chi connectivity index (χ0) is 23.0. The van der Waals surface area contributed by atoms with Crippen LogP contribution in [0.3, 0.4) is 0 Å². The van der Waals surface area contributed by atoms with Gasteiger partial charge in [-0.05, 0) is 50.3 Å². The molecular weight excluding hydrogens is 446 g/mol. The van der Waals surface area contributed by atoms with Gasteiger partial charge in [-0.15, -0.1) is 0 Å². The molecule has 0 aromatic carbocycles. The molecule has 1 fully saturated rings. The van der Waals surface area contributed by atoms with Gasteiger partial charge in [0.15, 0.2) is 0 Å². The number of hydrogen-bond donors (Lipinski definition) is 6. The summed E-state index contributed by atoms with van der Waals surface area (Å²) in [6, 6.07) is 1.88. The van der Waals surface area contributed by atoms with Crippen molar-refractivity contribution in [1.29, 1.82) is 0 Å². The van der Waals surface area contributed by atoms with Crippen molar-refractivity contribution in [3.63, 3.8) is 0 Å². The Balaban J connectivity index is -0.000000350. The highest BCUT2D eigenvalue weighted by atomic mass is 32.5. The predicted octanol–water partition coefficient (Wildman–Crippen LogP) is 2.88. The second-order valence-electron chi connectivity index (χ2n) is 5.15. The quantitative estimate of drug-likeness (QED) is 0.354. The summed E-state index contributed by atoms with van der Waals surface area (Å²) in [5.74, 6) is 2.28. The summed E-state index contributed by atoms with van der Waals surface area (Å²) in [7, 11) is 0. The van der Waals surface area contributed by atoms with E-state index in [0.717, 1.165) is 17.4 Å². The fourth-order valence-electron chi connectivity index (χ4n) is 1.31. The van der Waals surface area contributed by atoms with Crippen molar-refractivity contribution in [1.82, 2.24) is 9.97 Å². The van der Waals surface area contributed by atoms with Gasteiger partial charge in [-0.2, -0.15) is 4.98 Å².